The van der Waals surface area contributed by atoms with Crippen LogP contribution in [0.5, 0.6) is 0 Å². The minimum atomic E-state index is -0.0708. The zero-order valence-corrected chi connectivity index (χ0v) is 13.4. The molecule has 1 fully saturated rings. The van der Waals surface area contributed by atoms with E-state index in [0.29, 0.717) is 21.8 Å². The molecule has 0 spiro atoms. The first-order chi connectivity index (χ1) is 10.7. The molecule has 116 valence electrons. The molecule has 1 aromatic heterocycles. The molecule has 1 amide bonds. The van der Waals surface area contributed by atoms with Crippen LogP contribution in [0, 0.1) is 0 Å². The molecule has 0 radical (unpaired) electrons. The van der Waals surface area contributed by atoms with Crippen molar-refractivity contribution in [3.63, 3.8) is 0 Å². The lowest BCUT2D eigenvalue weighted by Gasteiger charge is -2.26. The van der Waals surface area contributed by atoms with Gasteiger partial charge in [-0.1, -0.05) is 23.9 Å². The van der Waals surface area contributed by atoms with Crippen molar-refractivity contribution in [3.05, 3.63) is 34.6 Å². The summed E-state index contributed by atoms with van der Waals surface area (Å²) in [4.78, 5) is 31.0. The van der Waals surface area contributed by atoms with Gasteiger partial charge in [-0.25, -0.2) is 4.98 Å². The lowest BCUT2D eigenvalue weighted by atomic mass is 10.1. The number of fused-ring (bicyclic) bond motifs is 1. The van der Waals surface area contributed by atoms with Gasteiger partial charge in [0.25, 0.3) is 5.56 Å². The number of piperidine rings is 1. The van der Waals surface area contributed by atoms with E-state index in [-0.39, 0.29) is 11.5 Å². The normalized spacial score (nSPS) is 15.2. The number of amides is 1. The number of benzene rings is 1. The van der Waals surface area contributed by atoms with Crippen molar-refractivity contribution >= 4 is 28.6 Å². The van der Waals surface area contributed by atoms with Gasteiger partial charge >= 0.3 is 0 Å². The Balaban J connectivity index is 1.77. The van der Waals surface area contributed by atoms with Gasteiger partial charge in [-0.2, -0.15) is 0 Å². The van der Waals surface area contributed by atoms with Crippen LogP contribution >= 0.6 is 11.8 Å². The number of carbonyl (C=O) groups excluding carboxylic acids is 1. The zero-order valence-electron chi connectivity index (χ0n) is 12.6. The van der Waals surface area contributed by atoms with Crippen molar-refractivity contribution < 1.29 is 4.79 Å². The maximum Gasteiger partial charge on any atom is 0.261 e. The van der Waals surface area contributed by atoms with Crippen molar-refractivity contribution in [2.75, 3.05) is 18.8 Å². The summed E-state index contributed by atoms with van der Waals surface area (Å²) in [5.41, 5.74) is 0.608. The van der Waals surface area contributed by atoms with E-state index in [9.17, 15) is 9.59 Å². The molecule has 1 saturated heterocycles. The topological polar surface area (TPSA) is 55.2 Å². The van der Waals surface area contributed by atoms with Crippen LogP contribution < -0.4 is 5.56 Å². The maximum absolute atomic E-state index is 12.3. The second-order valence-corrected chi connectivity index (χ2v) is 6.45. The first kappa shape index (κ1) is 15.1. The molecule has 6 heteroatoms. The van der Waals surface area contributed by atoms with Gasteiger partial charge in [-0.05, 0) is 31.4 Å². The molecule has 22 heavy (non-hydrogen) atoms. The number of hydrogen-bond acceptors (Lipinski definition) is 4. The number of rotatable bonds is 3. The van der Waals surface area contributed by atoms with Gasteiger partial charge in [0.05, 0.1) is 16.7 Å². The number of carbonyl (C=O) groups is 1. The molecule has 1 aromatic carbocycles. The Morgan fingerprint density at radius 3 is 2.73 bits per heavy atom. The Hall–Kier alpha value is -1.82. The number of para-hydroxylation sites is 1. The SMILES string of the molecule is Cn1c(SCC(=O)N2CCCCC2)nc2ccccc2c1=O. The summed E-state index contributed by atoms with van der Waals surface area (Å²) >= 11 is 1.34. The molecular formula is C16H19N3O2S. The standard InChI is InChI=1S/C16H19N3O2S/c1-18-15(21)12-7-3-4-8-13(12)17-16(18)22-11-14(20)19-9-5-2-6-10-19/h3-4,7-8H,2,5-6,9-11H2,1H3. The van der Waals surface area contributed by atoms with Gasteiger partial charge in [0, 0.05) is 20.1 Å². The van der Waals surface area contributed by atoms with Crippen LogP contribution in [-0.2, 0) is 11.8 Å². The number of likely N-dealkylation sites (tertiary alicyclic amines) is 1. The van der Waals surface area contributed by atoms with Gasteiger partial charge in [0.15, 0.2) is 5.16 Å². The Morgan fingerprint density at radius 1 is 1.23 bits per heavy atom. The highest BCUT2D eigenvalue weighted by Gasteiger charge is 2.17. The molecule has 3 rings (SSSR count). The third kappa shape index (κ3) is 3.02. The van der Waals surface area contributed by atoms with Crippen molar-refractivity contribution in [2.24, 2.45) is 7.05 Å². The molecular weight excluding hydrogens is 298 g/mol. The molecule has 1 aliphatic heterocycles. The quantitative estimate of drug-likeness (QED) is 0.642. The van der Waals surface area contributed by atoms with E-state index < -0.39 is 0 Å². The maximum atomic E-state index is 12.3. The van der Waals surface area contributed by atoms with Gasteiger partial charge < -0.3 is 4.90 Å². The molecule has 0 unspecified atom stereocenters. The van der Waals surface area contributed by atoms with Gasteiger partial charge in [0.2, 0.25) is 5.91 Å². The van der Waals surface area contributed by atoms with Crippen LogP contribution in [0.2, 0.25) is 0 Å². The van der Waals surface area contributed by atoms with E-state index in [2.05, 4.69) is 4.98 Å². The fourth-order valence-electron chi connectivity index (χ4n) is 2.69. The molecule has 0 N–H and O–H groups in total. The van der Waals surface area contributed by atoms with Crippen molar-refractivity contribution in [2.45, 2.75) is 24.4 Å². The first-order valence-electron chi connectivity index (χ1n) is 7.53. The van der Waals surface area contributed by atoms with Crippen molar-refractivity contribution in [3.8, 4) is 0 Å². The van der Waals surface area contributed by atoms with E-state index in [4.69, 9.17) is 0 Å². The molecule has 2 heterocycles. The van der Waals surface area contributed by atoms with E-state index in [1.807, 2.05) is 23.1 Å². The second-order valence-electron chi connectivity index (χ2n) is 5.51. The predicted octanol–water partition coefficient (Wildman–Crippen LogP) is 2.04. The Bertz CT molecular complexity index is 751. The molecule has 2 aromatic rings. The summed E-state index contributed by atoms with van der Waals surface area (Å²) in [5, 5.41) is 1.20. The minimum absolute atomic E-state index is 0.0708. The summed E-state index contributed by atoms with van der Waals surface area (Å²) in [6.07, 6.45) is 3.38. The highest BCUT2D eigenvalue weighted by molar-refractivity contribution is 7.99. The van der Waals surface area contributed by atoms with Crippen LogP contribution in [-0.4, -0.2) is 39.2 Å². The fourth-order valence-corrected chi connectivity index (χ4v) is 3.56. The Morgan fingerprint density at radius 2 is 1.95 bits per heavy atom. The highest BCUT2D eigenvalue weighted by Crippen LogP contribution is 2.18. The van der Waals surface area contributed by atoms with E-state index >= 15 is 0 Å². The number of aromatic nitrogens is 2. The van der Waals surface area contributed by atoms with Gasteiger partial charge in [-0.3, -0.25) is 14.2 Å². The summed E-state index contributed by atoms with van der Waals surface area (Å²) < 4.78 is 1.52. The fraction of sp³-hybridized carbons (Fsp3) is 0.438. The van der Waals surface area contributed by atoms with Crippen molar-refractivity contribution in [1.29, 1.82) is 0 Å². The monoisotopic (exact) mass is 317 g/mol. The lowest BCUT2D eigenvalue weighted by molar-refractivity contribution is -0.129. The average molecular weight is 317 g/mol. The van der Waals surface area contributed by atoms with Crippen LogP contribution in [0.1, 0.15) is 19.3 Å². The minimum Gasteiger partial charge on any atom is -0.342 e. The first-order valence-corrected chi connectivity index (χ1v) is 8.52. The lowest BCUT2D eigenvalue weighted by Crippen LogP contribution is -2.36. The molecule has 0 saturated carbocycles. The van der Waals surface area contributed by atoms with Crippen LogP contribution in [0.15, 0.2) is 34.2 Å². The van der Waals surface area contributed by atoms with E-state index in [1.54, 1.807) is 13.1 Å². The predicted molar refractivity (Wildman–Crippen MR) is 88.1 cm³/mol. The van der Waals surface area contributed by atoms with E-state index in [1.165, 1.54) is 22.7 Å². The van der Waals surface area contributed by atoms with Crippen LogP contribution in [0.25, 0.3) is 10.9 Å². The molecule has 0 aliphatic carbocycles. The largest absolute Gasteiger partial charge is 0.342 e. The Labute approximate surface area is 133 Å². The summed E-state index contributed by atoms with van der Waals surface area (Å²) in [5.74, 6) is 0.464. The summed E-state index contributed by atoms with van der Waals surface area (Å²) in [7, 11) is 1.70. The summed E-state index contributed by atoms with van der Waals surface area (Å²) in [6, 6.07) is 7.30. The van der Waals surface area contributed by atoms with Gasteiger partial charge in [0.1, 0.15) is 0 Å². The second kappa shape index (κ2) is 6.52. The average Bonchev–Trinajstić information content (AvgIpc) is 2.57. The number of thioether (sulfide) groups is 1. The smallest absolute Gasteiger partial charge is 0.261 e. The van der Waals surface area contributed by atoms with E-state index in [0.717, 1.165) is 25.9 Å². The number of nitrogens with zero attached hydrogens (tertiary/aromatic N) is 3. The highest BCUT2D eigenvalue weighted by atomic mass is 32.2. The summed E-state index contributed by atoms with van der Waals surface area (Å²) in [6.45, 7) is 1.70. The van der Waals surface area contributed by atoms with Crippen LogP contribution in [0.3, 0.4) is 0 Å². The molecule has 0 atom stereocenters. The zero-order chi connectivity index (χ0) is 15.5. The van der Waals surface area contributed by atoms with Gasteiger partial charge in [-0.15, -0.1) is 0 Å². The number of hydrogen-bond donors (Lipinski definition) is 0. The van der Waals surface area contributed by atoms with Crippen LogP contribution in [0.4, 0.5) is 0 Å². The third-order valence-corrected chi connectivity index (χ3v) is 4.99. The third-order valence-electron chi connectivity index (χ3n) is 3.98. The van der Waals surface area contributed by atoms with Crippen molar-refractivity contribution in [1.82, 2.24) is 14.5 Å². The molecule has 1 aliphatic rings. The Kier molecular flexibility index (Phi) is 4.47. The molecule has 5 nitrogen and oxygen atoms in total. The molecule has 0 bridgehead atoms.